The van der Waals surface area contributed by atoms with Gasteiger partial charge in [-0.25, -0.2) is 13.2 Å². The van der Waals surface area contributed by atoms with Crippen molar-refractivity contribution >= 4 is 66.3 Å². The largest absolute Gasteiger partial charge is 0.465 e. The number of rotatable bonds is 10. The molecule has 40 heavy (non-hydrogen) atoms. The van der Waals surface area contributed by atoms with Crippen molar-refractivity contribution in [1.82, 2.24) is 0 Å². The van der Waals surface area contributed by atoms with E-state index in [4.69, 9.17) is 21.3 Å². The van der Waals surface area contributed by atoms with Crippen LogP contribution in [0, 0.1) is 0 Å². The summed E-state index contributed by atoms with van der Waals surface area (Å²) in [6, 6.07) is 10.1. The maximum Gasteiger partial charge on any atom is 0.340 e. The van der Waals surface area contributed by atoms with Crippen molar-refractivity contribution in [2.45, 2.75) is 9.79 Å². The van der Waals surface area contributed by atoms with Crippen LogP contribution >= 0.6 is 0 Å². The molecule has 0 aliphatic rings. The highest BCUT2D eigenvalue weighted by Crippen LogP contribution is 2.43. The number of aliphatic hydroxyl groups excluding tert-OH is 1. The molecule has 0 amide bonds. The zero-order chi connectivity index (χ0) is 29.7. The van der Waals surface area contributed by atoms with Crippen molar-refractivity contribution in [3.8, 4) is 0 Å². The molecule has 15 nitrogen and oxygen atoms in total. The Labute approximate surface area is 227 Å². The highest BCUT2D eigenvalue weighted by molar-refractivity contribution is 7.91. The molecule has 3 aromatic rings. The highest BCUT2D eigenvalue weighted by atomic mass is 32.2. The molecule has 0 atom stereocenters. The van der Waals surface area contributed by atoms with Gasteiger partial charge in [-0.05, 0) is 36.4 Å². The zero-order valence-corrected chi connectivity index (χ0v) is 22.3. The SMILES string of the molecule is COC(=O)c1ccccc1N=Nc1cc(S(=O)(=O)O)c(N)c(N=Nc2cc(S(=O)(=O)CCO)ccc2C=O)c1N. The third kappa shape index (κ3) is 6.52. The second-order valence-electron chi connectivity index (χ2n) is 7.83. The minimum atomic E-state index is -4.95. The van der Waals surface area contributed by atoms with E-state index in [0.29, 0.717) is 6.29 Å². The lowest BCUT2D eigenvalue weighted by Crippen LogP contribution is -2.10. The van der Waals surface area contributed by atoms with Gasteiger partial charge >= 0.3 is 5.97 Å². The summed E-state index contributed by atoms with van der Waals surface area (Å²) < 4.78 is 63.1. The molecular weight excluding hydrogens is 568 g/mol. The summed E-state index contributed by atoms with van der Waals surface area (Å²) in [4.78, 5) is 22.4. The Balaban J connectivity index is 2.19. The predicted molar refractivity (Wildman–Crippen MR) is 142 cm³/mol. The van der Waals surface area contributed by atoms with Gasteiger partial charge in [0.2, 0.25) is 0 Å². The molecule has 0 spiro atoms. The van der Waals surface area contributed by atoms with Gasteiger partial charge in [-0.1, -0.05) is 12.1 Å². The van der Waals surface area contributed by atoms with Crippen LogP contribution in [0.4, 0.5) is 34.1 Å². The molecule has 0 saturated heterocycles. The first-order valence-electron chi connectivity index (χ1n) is 11.0. The summed E-state index contributed by atoms with van der Waals surface area (Å²) in [5, 5.41) is 24.5. The number of benzene rings is 3. The molecule has 0 fully saturated rings. The van der Waals surface area contributed by atoms with E-state index in [1.807, 2.05) is 0 Å². The molecule has 0 radical (unpaired) electrons. The number of methoxy groups -OCH3 is 1. The van der Waals surface area contributed by atoms with E-state index in [0.717, 1.165) is 31.4 Å². The second-order valence-corrected chi connectivity index (χ2v) is 11.3. The van der Waals surface area contributed by atoms with Gasteiger partial charge in [-0.15, -0.1) is 20.5 Å². The number of ether oxygens (including phenoxy) is 1. The summed E-state index contributed by atoms with van der Waals surface area (Å²) >= 11 is 0. The first-order chi connectivity index (χ1) is 18.8. The number of hydrogen-bond acceptors (Lipinski definition) is 14. The van der Waals surface area contributed by atoms with E-state index < -0.39 is 54.6 Å². The summed E-state index contributed by atoms with van der Waals surface area (Å²) in [6.07, 6.45) is 0.372. The van der Waals surface area contributed by atoms with Crippen LogP contribution in [0.25, 0.3) is 0 Å². The number of esters is 1. The molecule has 0 aliphatic heterocycles. The van der Waals surface area contributed by atoms with Crippen LogP contribution in [0.1, 0.15) is 20.7 Å². The normalized spacial score (nSPS) is 12.2. The number of sulfone groups is 1. The van der Waals surface area contributed by atoms with E-state index in [-0.39, 0.29) is 38.8 Å². The lowest BCUT2D eigenvalue weighted by Gasteiger charge is -2.11. The molecule has 0 aromatic heterocycles. The fraction of sp³-hybridized carbons (Fsp3) is 0.130. The van der Waals surface area contributed by atoms with Crippen LogP contribution in [0.5, 0.6) is 0 Å². The number of hydrogen-bond donors (Lipinski definition) is 4. The maximum absolute atomic E-state index is 12.3. The van der Waals surface area contributed by atoms with Crippen molar-refractivity contribution in [1.29, 1.82) is 0 Å². The lowest BCUT2D eigenvalue weighted by atomic mass is 10.2. The van der Waals surface area contributed by atoms with Gasteiger partial charge in [0.05, 0.1) is 47.0 Å². The first kappa shape index (κ1) is 30.0. The number of anilines is 2. The number of nitrogens with two attached hydrogens (primary N) is 2. The zero-order valence-electron chi connectivity index (χ0n) is 20.6. The fourth-order valence-corrected chi connectivity index (χ4v) is 4.94. The summed E-state index contributed by atoms with van der Waals surface area (Å²) in [6.45, 7) is -0.647. The van der Waals surface area contributed by atoms with Crippen LogP contribution < -0.4 is 11.5 Å². The Morgan fingerprint density at radius 2 is 1.57 bits per heavy atom. The van der Waals surface area contributed by atoms with E-state index in [1.165, 1.54) is 12.1 Å². The van der Waals surface area contributed by atoms with E-state index in [1.54, 1.807) is 12.1 Å². The molecule has 0 unspecified atom stereocenters. The number of nitrogen functional groups attached to an aromatic ring is 2. The molecule has 0 saturated carbocycles. The number of nitrogens with zero attached hydrogens (tertiary/aromatic N) is 4. The minimum Gasteiger partial charge on any atom is -0.465 e. The molecule has 17 heteroatoms. The number of azo groups is 2. The third-order valence-electron chi connectivity index (χ3n) is 5.28. The van der Waals surface area contributed by atoms with Gasteiger partial charge < -0.3 is 21.3 Å². The van der Waals surface area contributed by atoms with Gasteiger partial charge in [0.25, 0.3) is 10.1 Å². The standard InChI is InChI=1S/C23H22N6O9S2/c1-38-23(32)15-4-2-3-5-16(15)26-28-18-11-19(40(35,36)37)21(25)22(20(18)24)29-27-17-10-14(7-6-13(17)12-31)39(33,34)9-8-30/h2-7,10-12,30H,8-9,24-25H2,1H3,(H,35,36,37). The predicted octanol–water partition coefficient (Wildman–Crippen LogP) is 3.29. The topological polar surface area (TPSA) is 254 Å². The van der Waals surface area contributed by atoms with Crippen LogP contribution in [0.15, 0.2) is 78.8 Å². The van der Waals surface area contributed by atoms with Gasteiger partial charge in [0, 0.05) is 5.56 Å². The molecule has 0 heterocycles. The summed E-state index contributed by atoms with van der Waals surface area (Å²) in [5.41, 5.74) is 9.93. The van der Waals surface area contributed by atoms with Gasteiger partial charge in [-0.3, -0.25) is 9.35 Å². The van der Waals surface area contributed by atoms with Crippen LogP contribution in [-0.4, -0.2) is 58.2 Å². The fourth-order valence-electron chi connectivity index (χ4n) is 3.26. The molecule has 0 bridgehead atoms. The Kier molecular flexibility index (Phi) is 9.05. The Hall–Kier alpha value is -4.58. The van der Waals surface area contributed by atoms with Crippen LogP contribution in [0.3, 0.4) is 0 Å². The average Bonchev–Trinajstić information content (AvgIpc) is 2.91. The van der Waals surface area contributed by atoms with Crippen molar-refractivity contribution in [2.75, 3.05) is 30.9 Å². The van der Waals surface area contributed by atoms with Crippen molar-refractivity contribution in [3.05, 3.63) is 59.7 Å². The monoisotopic (exact) mass is 590 g/mol. The summed E-state index contributed by atoms with van der Waals surface area (Å²) in [7, 11) is -7.71. The van der Waals surface area contributed by atoms with E-state index in [9.17, 15) is 31.0 Å². The summed E-state index contributed by atoms with van der Waals surface area (Å²) in [5.74, 6) is -1.31. The maximum atomic E-state index is 12.3. The van der Waals surface area contributed by atoms with Crippen molar-refractivity contribution in [2.24, 2.45) is 20.5 Å². The molecule has 210 valence electrons. The molecule has 6 N–H and O–H groups in total. The Morgan fingerprint density at radius 1 is 0.925 bits per heavy atom. The first-order valence-corrected chi connectivity index (χ1v) is 14.1. The van der Waals surface area contributed by atoms with E-state index >= 15 is 0 Å². The molecule has 3 rings (SSSR count). The van der Waals surface area contributed by atoms with E-state index in [2.05, 4.69) is 20.5 Å². The van der Waals surface area contributed by atoms with Crippen LogP contribution in [0.2, 0.25) is 0 Å². The number of aldehydes is 1. The number of carbonyl (C=O) groups is 2. The van der Waals surface area contributed by atoms with Crippen molar-refractivity contribution < 1.29 is 40.8 Å². The molecule has 3 aromatic carbocycles. The molecule has 0 aliphatic carbocycles. The van der Waals surface area contributed by atoms with Gasteiger partial charge in [-0.2, -0.15) is 8.42 Å². The minimum absolute atomic E-state index is 0.0371. The third-order valence-corrected chi connectivity index (χ3v) is 7.86. The Morgan fingerprint density at radius 3 is 2.20 bits per heavy atom. The van der Waals surface area contributed by atoms with Gasteiger partial charge in [0.1, 0.15) is 22.0 Å². The van der Waals surface area contributed by atoms with Crippen LogP contribution in [-0.2, 0) is 24.7 Å². The number of carbonyl (C=O) groups excluding carboxylic acids is 2. The second kappa shape index (κ2) is 12.1. The highest BCUT2D eigenvalue weighted by Gasteiger charge is 2.23. The van der Waals surface area contributed by atoms with Crippen molar-refractivity contribution in [3.63, 3.8) is 0 Å². The quantitative estimate of drug-likeness (QED) is 0.0875. The Bertz CT molecular complexity index is 1750. The number of aliphatic hydroxyl groups is 1. The lowest BCUT2D eigenvalue weighted by molar-refractivity contribution is 0.0601. The smallest absolute Gasteiger partial charge is 0.340 e. The van der Waals surface area contributed by atoms with Gasteiger partial charge in [0.15, 0.2) is 16.1 Å². The molecular formula is C23H22N6O9S2. The average molecular weight is 591 g/mol.